The lowest BCUT2D eigenvalue weighted by atomic mass is 10.2. The molecule has 0 atom stereocenters. The van der Waals surface area contributed by atoms with E-state index in [0.29, 0.717) is 0 Å². The van der Waals surface area contributed by atoms with E-state index in [1.165, 1.54) is 64.7 Å². The Bertz CT molecular complexity index is 128. The summed E-state index contributed by atoms with van der Waals surface area (Å²) in [6, 6.07) is 0. The zero-order chi connectivity index (χ0) is 10.2. The van der Waals surface area contributed by atoms with Crippen molar-refractivity contribution in [3.05, 3.63) is 0 Å². The molecule has 14 heavy (non-hydrogen) atoms. The molecule has 0 aromatic carbocycles. The summed E-state index contributed by atoms with van der Waals surface area (Å²) < 4.78 is 0. The molecular formula is C12H26N2. The Balaban J connectivity index is 1.79. The Kier molecular flexibility index (Phi) is 6.20. The van der Waals surface area contributed by atoms with Crippen molar-refractivity contribution < 1.29 is 0 Å². The van der Waals surface area contributed by atoms with Gasteiger partial charge in [0.2, 0.25) is 0 Å². The number of hydrogen-bond acceptors (Lipinski definition) is 2. The van der Waals surface area contributed by atoms with Crippen LogP contribution in [0.25, 0.3) is 0 Å². The lowest BCUT2D eigenvalue weighted by molar-refractivity contribution is 0.324. The molecule has 0 N–H and O–H groups in total. The van der Waals surface area contributed by atoms with Crippen LogP contribution in [0.1, 0.15) is 38.5 Å². The van der Waals surface area contributed by atoms with Crippen molar-refractivity contribution >= 4 is 0 Å². The maximum absolute atomic E-state index is 2.62. The van der Waals surface area contributed by atoms with Gasteiger partial charge in [0.05, 0.1) is 0 Å². The van der Waals surface area contributed by atoms with Gasteiger partial charge in [0.25, 0.3) is 0 Å². The molecule has 0 unspecified atom stereocenters. The summed E-state index contributed by atoms with van der Waals surface area (Å²) in [5.74, 6) is 0. The third-order valence-electron chi connectivity index (χ3n) is 3.03. The predicted molar refractivity (Wildman–Crippen MR) is 62.7 cm³/mol. The van der Waals surface area contributed by atoms with Crippen LogP contribution < -0.4 is 0 Å². The highest BCUT2D eigenvalue weighted by Gasteiger charge is 2.09. The minimum Gasteiger partial charge on any atom is -0.309 e. The minimum absolute atomic E-state index is 1.25. The van der Waals surface area contributed by atoms with Crippen LogP contribution in [-0.2, 0) is 0 Å². The van der Waals surface area contributed by atoms with Crippen LogP contribution in [-0.4, -0.2) is 50.1 Å². The van der Waals surface area contributed by atoms with Crippen LogP contribution in [0.3, 0.4) is 0 Å². The fraction of sp³-hybridized carbons (Fsp3) is 1.00. The normalized spacial score (nSPS) is 18.2. The van der Waals surface area contributed by atoms with Crippen molar-refractivity contribution in [2.24, 2.45) is 0 Å². The largest absolute Gasteiger partial charge is 0.309 e. The maximum atomic E-state index is 2.62. The van der Waals surface area contributed by atoms with Crippen molar-refractivity contribution in [3.8, 4) is 0 Å². The third kappa shape index (κ3) is 5.61. The summed E-state index contributed by atoms with van der Waals surface area (Å²) in [4.78, 5) is 4.90. The third-order valence-corrected chi connectivity index (χ3v) is 3.03. The standard InChI is InChI=1S/C12H26N2/c1-13(2)9-5-3-4-6-10-14-11-7-8-12-14/h3-12H2,1-2H3. The number of likely N-dealkylation sites (tertiary alicyclic amines) is 1. The van der Waals surface area contributed by atoms with Gasteiger partial charge in [-0.25, -0.2) is 0 Å². The van der Waals surface area contributed by atoms with E-state index in [2.05, 4.69) is 23.9 Å². The smallest absolute Gasteiger partial charge is 0.00183 e. The van der Waals surface area contributed by atoms with Crippen molar-refractivity contribution in [2.75, 3.05) is 40.3 Å². The molecule has 1 heterocycles. The second-order valence-electron chi connectivity index (χ2n) is 4.77. The van der Waals surface area contributed by atoms with E-state index in [0.717, 1.165) is 0 Å². The molecule has 1 aliphatic rings. The molecule has 0 spiro atoms. The number of nitrogens with zero attached hydrogens (tertiary/aromatic N) is 2. The van der Waals surface area contributed by atoms with Crippen LogP contribution in [0.15, 0.2) is 0 Å². The van der Waals surface area contributed by atoms with E-state index in [9.17, 15) is 0 Å². The van der Waals surface area contributed by atoms with E-state index >= 15 is 0 Å². The summed E-state index contributed by atoms with van der Waals surface area (Å²) >= 11 is 0. The zero-order valence-electron chi connectivity index (χ0n) is 9.97. The summed E-state index contributed by atoms with van der Waals surface area (Å²) in [6.07, 6.45) is 8.47. The lowest BCUT2D eigenvalue weighted by Gasteiger charge is -2.14. The molecule has 84 valence electrons. The summed E-state index contributed by atoms with van der Waals surface area (Å²) in [5.41, 5.74) is 0. The first kappa shape index (κ1) is 12.0. The molecule has 0 aliphatic carbocycles. The Labute approximate surface area is 89.3 Å². The van der Waals surface area contributed by atoms with Crippen molar-refractivity contribution in [2.45, 2.75) is 38.5 Å². The van der Waals surface area contributed by atoms with Crippen LogP contribution >= 0.6 is 0 Å². The van der Waals surface area contributed by atoms with E-state index in [1.54, 1.807) is 0 Å². The summed E-state index contributed by atoms with van der Waals surface area (Å²) in [5, 5.41) is 0. The highest BCUT2D eigenvalue weighted by Crippen LogP contribution is 2.09. The van der Waals surface area contributed by atoms with E-state index in [-0.39, 0.29) is 0 Å². The van der Waals surface area contributed by atoms with Gasteiger partial charge in [-0.15, -0.1) is 0 Å². The fourth-order valence-corrected chi connectivity index (χ4v) is 2.12. The van der Waals surface area contributed by atoms with Gasteiger partial charge in [-0.3, -0.25) is 0 Å². The van der Waals surface area contributed by atoms with Gasteiger partial charge < -0.3 is 9.80 Å². The Morgan fingerprint density at radius 1 is 0.929 bits per heavy atom. The molecule has 0 saturated carbocycles. The molecule has 2 heteroatoms. The van der Waals surface area contributed by atoms with Gasteiger partial charge in [-0.2, -0.15) is 0 Å². The highest BCUT2D eigenvalue weighted by molar-refractivity contribution is 4.65. The van der Waals surface area contributed by atoms with Crippen LogP contribution in [0.4, 0.5) is 0 Å². The molecule has 0 amide bonds. The topological polar surface area (TPSA) is 6.48 Å². The van der Waals surface area contributed by atoms with Gasteiger partial charge in [0.15, 0.2) is 0 Å². The zero-order valence-corrected chi connectivity index (χ0v) is 9.97. The first-order valence-corrected chi connectivity index (χ1v) is 6.16. The summed E-state index contributed by atoms with van der Waals surface area (Å²) in [7, 11) is 4.31. The highest BCUT2D eigenvalue weighted by atomic mass is 15.1. The summed E-state index contributed by atoms with van der Waals surface area (Å²) in [6.45, 7) is 5.32. The number of unbranched alkanes of at least 4 members (excludes halogenated alkanes) is 3. The van der Waals surface area contributed by atoms with E-state index in [1.807, 2.05) is 0 Å². The maximum Gasteiger partial charge on any atom is -0.00183 e. The van der Waals surface area contributed by atoms with Crippen molar-refractivity contribution in [3.63, 3.8) is 0 Å². The predicted octanol–water partition coefficient (Wildman–Crippen LogP) is 2.20. The Hall–Kier alpha value is -0.0800. The average molecular weight is 198 g/mol. The van der Waals surface area contributed by atoms with Crippen molar-refractivity contribution in [1.29, 1.82) is 0 Å². The molecule has 1 saturated heterocycles. The van der Waals surface area contributed by atoms with Gasteiger partial charge in [0, 0.05) is 0 Å². The quantitative estimate of drug-likeness (QED) is 0.579. The molecule has 0 aromatic rings. The molecule has 0 radical (unpaired) electrons. The van der Waals surface area contributed by atoms with Gasteiger partial charge in [-0.1, -0.05) is 12.8 Å². The van der Waals surface area contributed by atoms with Crippen LogP contribution in [0.2, 0.25) is 0 Å². The molecule has 1 fully saturated rings. The second-order valence-corrected chi connectivity index (χ2v) is 4.77. The number of hydrogen-bond donors (Lipinski definition) is 0. The molecular weight excluding hydrogens is 172 g/mol. The van der Waals surface area contributed by atoms with E-state index < -0.39 is 0 Å². The first-order valence-electron chi connectivity index (χ1n) is 6.16. The number of rotatable bonds is 7. The Morgan fingerprint density at radius 2 is 1.57 bits per heavy atom. The van der Waals surface area contributed by atoms with E-state index in [4.69, 9.17) is 0 Å². The van der Waals surface area contributed by atoms with Crippen molar-refractivity contribution in [1.82, 2.24) is 9.80 Å². The first-order chi connectivity index (χ1) is 6.79. The molecule has 1 rings (SSSR count). The monoisotopic (exact) mass is 198 g/mol. The fourth-order valence-electron chi connectivity index (χ4n) is 2.12. The minimum atomic E-state index is 1.25. The molecule has 0 aromatic heterocycles. The Morgan fingerprint density at radius 3 is 2.21 bits per heavy atom. The lowest BCUT2D eigenvalue weighted by Crippen LogP contribution is -2.20. The van der Waals surface area contributed by atoms with Crippen LogP contribution in [0, 0.1) is 0 Å². The second kappa shape index (κ2) is 7.24. The molecule has 0 bridgehead atoms. The molecule has 1 aliphatic heterocycles. The van der Waals surface area contributed by atoms with Gasteiger partial charge in [0.1, 0.15) is 0 Å². The van der Waals surface area contributed by atoms with Crippen LogP contribution in [0.5, 0.6) is 0 Å². The molecule has 2 nitrogen and oxygen atoms in total. The SMILES string of the molecule is CN(C)CCCCCCN1CCCC1. The van der Waals surface area contributed by atoms with Gasteiger partial charge in [-0.05, 0) is 66.0 Å². The average Bonchev–Trinajstić information content (AvgIpc) is 2.63. The van der Waals surface area contributed by atoms with Gasteiger partial charge >= 0.3 is 0 Å².